The molecule has 1 aliphatic rings. The average Bonchev–Trinajstić information content (AvgIpc) is 2.93. The van der Waals surface area contributed by atoms with Crippen LogP contribution in [-0.2, 0) is 0 Å². The van der Waals surface area contributed by atoms with E-state index in [9.17, 15) is 0 Å². The first-order chi connectivity index (χ1) is 10.1. The Balaban J connectivity index is 1.88. The predicted molar refractivity (Wildman–Crippen MR) is 83.8 cm³/mol. The lowest BCUT2D eigenvalue weighted by Gasteiger charge is -2.34. The second-order valence-electron chi connectivity index (χ2n) is 6.01. The van der Waals surface area contributed by atoms with E-state index in [0.29, 0.717) is 0 Å². The number of nitrogens with one attached hydrogen (secondary N) is 1. The Bertz CT molecular complexity index is 820. The summed E-state index contributed by atoms with van der Waals surface area (Å²) in [6.07, 6.45) is 3.78. The molecular weight excluding hydrogens is 262 g/mol. The molecule has 3 heterocycles. The van der Waals surface area contributed by atoms with Crippen LogP contribution in [0.25, 0.3) is 16.6 Å². The molecule has 0 unspecified atom stereocenters. The third-order valence-corrected chi connectivity index (χ3v) is 3.81. The van der Waals surface area contributed by atoms with Crippen molar-refractivity contribution in [3.63, 3.8) is 0 Å². The Morgan fingerprint density at radius 1 is 1.24 bits per heavy atom. The fourth-order valence-corrected chi connectivity index (χ4v) is 2.72. The number of aromatic nitrogens is 2. The van der Waals surface area contributed by atoms with Gasteiger partial charge in [-0.25, -0.2) is 4.52 Å². The molecule has 4 nitrogen and oxygen atoms in total. The predicted octanol–water partition coefficient (Wildman–Crippen LogP) is 3.58. The minimum absolute atomic E-state index is 0.205. The third-order valence-electron chi connectivity index (χ3n) is 3.81. The van der Waals surface area contributed by atoms with Crippen LogP contribution < -0.4 is 10.1 Å². The zero-order valence-corrected chi connectivity index (χ0v) is 12.1. The summed E-state index contributed by atoms with van der Waals surface area (Å²) >= 11 is 0. The Hall–Kier alpha value is -2.49. The van der Waals surface area contributed by atoms with Crippen molar-refractivity contribution in [1.29, 1.82) is 0 Å². The quantitative estimate of drug-likeness (QED) is 0.740. The first kappa shape index (κ1) is 12.3. The van der Waals surface area contributed by atoms with Crippen LogP contribution in [0.5, 0.6) is 5.75 Å². The van der Waals surface area contributed by atoms with Gasteiger partial charge in [0.05, 0.1) is 17.7 Å². The van der Waals surface area contributed by atoms with Gasteiger partial charge in [0.15, 0.2) is 5.75 Å². The summed E-state index contributed by atoms with van der Waals surface area (Å²) in [6.45, 7) is 5.00. The van der Waals surface area contributed by atoms with Gasteiger partial charge in [-0.3, -0.25) is 0 Å². The molecule has 4 heteroatoms. The van der Waals surface area contributed by atoms with Gasteiger partial charge in [0.25, 0.3) is 0 Å². The summed E-state index contributed by atoms with van der Waals surface area (Å²) < 4.78 is 8.08. The molecule has 0 saturated carbocycles. The van der Waals surface area contributed by atoms with Crippen LogP contribution in [0, 0.1) is 0 Å². The standard InChI is InChI=1S/C17H17N3O/c1-17(2)11-18-15-5-3-4-14(16(15)21-17)12-7-9-20-13(10-12)6-8-19-20/h3-10,18H,11H2,1-2H3. The van der Waals surface area contributed by atoms with Crippen LogP contribution in [0.3, 0.4) is 0 Å². The molecule has 4 rings (SSSR count). The fraction of sp³-hybridized carbons (Fsp3) is 0.235. The maximum Gasteiger partial charge on any atom is 0.151 e. The van der Waals surface area contributed by atoms with Crippen LogP contribution in [0.4, 0.5) is 5.69 Å². The highest BCUT2D eigenvalue weighted by Gasteiger charge is 2.28. The second kappa shape index (κ2) is 4.25. The highest BCUT2D eigenvalue weighted by atomic mass is 16.5. The van der Waals surface area contributed by atoms with E-state index in [4.69, 9.17) is 4.74 Å². The number of anilines is 1. The van der Waals surface area contributed by atoms with Gasteiger partial charge in [-0.05, 0) is 43.7 Å². The fourth-order valence-electron chi connectivity index (χ4n) is 2.72. The van der Waals surface area contributed by atoms with Gasteiger partial charge in [-0.1, -0.05) is 12.1 Å². The summed E-state index contributed by atoms with van der Waals surface area (Å²) in [5.41, 5.74) is 4.17. The van der Waals surface area contributed by atoms with Gasteiger partial charge in [0.1, 0.15) is 5.60 Å². The van der Waals surface area contributed by atoms with E-state index in [0.717, 1.165) is 34.6 Å². The summed E-state index contributed by atoms with van der Waals surface area (Å²) in [4.78, 5) is 0. The van der Waals surface area contributed by atoms with E-state index in [1.54, 1.807) is 6.20 Å². The molecule has 3 aromatic rings. The van der Waals surface area contributed by atoms with Gasteiger partial charge in [-0.2, -0.15) is 5.10 Å². The molecule has 2 aromatic heterocycles. The van der Waals surface area contributed by atoms with Gasteiger partial charge in [0.2, 0.25) is 0 Å². The molecule has 0 amide bonds. The van der Waals surface area contributed by atoms with E-state index >= 15 is 0 Å². The minimum Gasteiger partial charge on any atom is -0.483 e. The second-order valence-corrected chi connectivity index (χ2v) is 6.01. The zero-order chi connectivity index (χ0) is 14.4. The number of ether oxygens (including phenoxy) is 1. The first-order valence-corrected chi connectivity index (χ1v) is 7.12. The number of hydrogen-bond donors (Lipinski definition) is 1. The van der Waals surface area contributed by atoms with Crippen molar-refractivity contribution in [1.82, 2.24) is 9.61 Å². The van der Waals surface area contributed by atoms with Crippen LogP contribution in [0.2, 0.25) is 0 Å². The maximum absolute atomic E-state index is 6.21. The van der Waals surface area contributed by atoms with Crippen LogP contribution in [0.15, 0.2) is 48.8 Å². The first-order valence-electron chi connectivity index (χ1n) is 7.12. The van der Waals surface area contributed by atoms with Gasteiger partial charge in [0, 0.05) is 18.0 Å². The SMILES string of the molecule is CC1(C)CNc2cccc(-c3ccn4nccc4c3)c2O1. The lowest BCUT2D eigenvalue weighted by atomic mass is 10.0. The molecule has 106 valence electrons. The smallest absolute Gasteiger partial charge is 0.151 e. The van der Waals surface area contributed by atoms with Crippen molar-refractivity contribution >= 4 is 11.2 Å². The Labute approximate surface area is 123 Å². The Morgan fingerprint density at radius 2 is 2.14 bits per heavy atom. The van der Waals surface area contributed by atoms with E-state index in [-0.39, 0.29) is 5.60 Å². The average molecular weight is 279 g/mol. The van der Waals surface area contributed by atoms with E-state index in [1.165, 1.54) is 0 Å². The number of rotatable bonds is 1. The topological polar surface area (TPSA) is 38.6 Å². The number of hydrogen-bond acceptors (Lipinski definition) is 3. The third kappa shape index (κ3) is 2.03. The summed E-state index contributed by atoms with van der Waals surface area (Å²) in [5, 5.41) is 7.69. The van der Waals surface area contributed by atoms with E-state index < -0.39 is 0 Å². The van der Waals surface area contributed by atoms with Gasteiger partial charge < -0.3 is 10.1 Å². The molecule has 1 aliphatic heterocycles. The van der Waals surface area contributed by atoms with E-state index in [1.807, 2.05) is 16.8 Å². The lowest BCUT2D eigenvalue weighted by Crippen LogP contribution is -2.40. The van der Waals surface area contributed by atoms with Crippen LogP contribution in [-0.4, -0.2) is 21.8 Å². The minimum atomic E-state index is -0.205. The normalized spacial score (nSPS) is 16.1. The molecule has 0 aliphatic carbocycles. The number of fused-ring (bicyclic) bond motifs is 2. The van der Waals surface area contributed by atoms with Crippen molar-refractivity contribution in [2.24, 2.45) is 0 Å². The number of benzene rings is 1. The Morgan fingerprint density at radius 3 is 3.05 bits per heavy atom. The van der Waals surface area contributed by atoms with Gasteiger partial charge >= 0.3 is 0 Å². The number of nitrogens with zero attached hydrogens (tertiary/aromatic N) is 2. The van der Waals surface area contributed by atoms with Crippen molar-refractivity contribution in [3.8, 4) is 16.9 Å². The van der Waals surface area contributed by atoms with E-state index in [2.05, 4.69) is 54.6 Å². The molecule has 21 heavy (non-hydrogen) atoms. The lowest BCUT2D eigenvalue weighted by molar-refractivity contribution is 0.117. The molecule has 0 radical (unpaired) electrons. The molecule has 0 bridgehead atoms. The van der Waals surface area contributed by atoms with Crippen molar-refractivity contribution in [3.05, 3.63) is 48.8 Å². The molecule has 0 saturated heterocycles. The summed E-state index contributed by atoms with van der Waals surface area (Å²) in [5.74, 6) is 0.928. The number of para-hydroxylation sites is 1. The highest BCUT2D eigenvalue weighted by molar-refractivity contribution is 5.80. The molecule has 0 atom stereocenters. The summed E-state index contributed by atoms with van der Waals surface area (Å²) in [7, 11) is 0. The molecule has 0 spiro atoms. The maximum atomic E-state index is 6.21. The monoisotopic (exact) mass is 279 g/mol. The Kier molecular flexibility index (Phi) is 2.48. The molecule has 1 aromatic carbocycles. The van der Waals surface area contributed by atoms with Crippen molar-refractivity contribution in [2.75, 3.05) is 11.9 Å². The molecule has 0 fully saturated rings. The highest BCUT2D eigenvalue weighted by Crippen LogP contribution is 2.41. The van der Waals surface area contributed by atoms with Crippen molar-refractivity contribution in [2.45, 2.75) is 19.4 Å². The van der Waals surface area contributed by atoms with Crippen LogP contribution >= 0.6 is 0 Å². The molecule has 1 N–H and O–H groups in total. The molecular formula is C17H17N3O. The van der Waals surface area contributed by atoms with Crippen LogP contribution in [0.1, 0.15) is 13.8 Å². The summed E-state index contributed by atoms with van der Waals surface area (Å²) in [6, 6.07) is 12.4. The zero-order valence-electron chi connectivity index (χ0n) is 12.1. The van der Waals surface area contributed by atoms with Gasteiger partial charge in [-0.15, -0.1) is 0 Å². The van der Waals surface area contributed by atoms with Crippen molar-refractivity contribution < 1.29 is 4.74 Å². The largest absolute Gasteiger partial charge is 0.483 e. The number of pyridine rings is 1.